The zero-order valence-corrected chi connectivity index (χ0v) is 48.5. The van der Waals surface area contributed by atoms with Crippen molar-refractivity contribution in [3.63, 3.8) is 0 Å². The summed E-state index contributed by atoms with van der Waals surface area (Å²) in [6.45, 7) is 22.0. The first-order chi connectivity index (χ1) is 38.1. The SMILES string of the molecule is CN1CCN(C(=O)Nc2ccc(N3CCCCC3)cc2)CC1.CN1CCN(C(=O)Nc2ccccc2-n2cccc2)CC1.Cc1cc(Cl)ccc1NC(=O)N1CCN(C)CC1.Cc1ccc(C)c(NC(=O)N2CCN(C)CC2)c1. The van der Waals surface area contributed by atoms with E-state index in [1.165, 1.54) is 24.9 Å². The lowest BCUT2D eigenvalue weighted by atomic mass is 10.1. The van der Waals surface area contributed by atoms with Gasteiger partial charge in [-0.15, -0.1) is 0 Å². The fourth-order valence-electron chi connectivity index (χ4n) is 9.67. The topological polar surface area (TPSA) is 150 Å². The van der Waals surface area contributed by atoms with Gasteiger partial charge in [-0.3, -0.25) is 0 Å². The van der Waals surface area contributed by atoms with Gasteiger partial charge in [0.2, 0.25) is 0 Å². The van der Waals surface area contributed by atoms with Crippen molar-refractivity contribution in [2.75, 3.05) is 172 Å². The smallest absolute Gasteiger partial charge is 0.321 e. The summed E-state index contributed by atoms with van der Waals surface area (Å²) in [6, 6.07) is 31.6. The number of amides is 8. The molecule has 1 aromatic heterocycles. The van der Waals surface area contributed by atoms with E-state index >= 15 is 0 Å². The van der Waals surface area contributed by atoms with Gasteiger partial charge < -0.3 is 69.9 Å². The van der Waals surface area contributed by atoms with E-state index in [0.717, 1.165) is 163 Å². The van der Waals surface area contributed by atoms with Gasteiger partial charge in [0, 0.05) is 158 Å². The number of carbonyl (C=O) groups is 4. The van der Waals surface area contributed by atoms with E-state index in [1.807, 2.05) is 130 Å². The van der Waals surface area contributed by atoms with Gasteiger partial charge in [-0.05, 0) is 158 Å². The van der Waals surface area contributed by atoms with Gasteiger partial charge >= 0.3 is 24.1 Å². The van der Waals surface area contributed by atoms with E-state index in [9.17, 15) is 19.2 Å². The molecule has 5 aliphatic heterocycles. The molecule has 79 heavy (non-hydrogen) atoms. The maximum atomic E-state index is 12.4. The number of carbonyl (C=O) groups excluding carboxylic acids is 4. The van der Waals surface area contributed by atoms with Crippen LogP contribution >= 0.6 is 11.6 Å². The molecule has 6 heterocycles. The number of piperidine rings is 1. The van der Waals surface area contributed by atoms with Gasteiger partial charge in [0.05, 0.1) is 11.4 Å². The second kappa shape index (κ2) is 29.9. The first-order valence-corrected chi connectivity index (χ1v) is 28.3. The molecule has 5 saturated heterocycles. The van der Waals surface area contributed by atoms with E-state index in [4.69, 9.17) is 11.6 Å². The second-order valence-corrected chi connectivity index (χ2v) is 21.8. The van der Waals surface area contributed by atoms with Crippen molar-refractivity contribution in [3.8, 4) is 5.69 Å². The number of likely N-dealkylation sites (N-methyl/N-ethyl adjacent to an activating group) is 4. The number of aromatic nitrogens is 1. The highest BCUT2D eigenvalue weighted by atomic mass is 35.5. The van der Waals surface area contributed by atoms with Gasteiger partial charge in [0.15, 0.2) is 0 Å². The summed E-state index contributed by atoms with van der Waals surface area (Å²) < 4.78 is 2.00. The number of hydrogen-bond donors (Lipinski definition) is 4. The van der Waals surface area contributed by atoms with Crippen LogP contribution in [0.15, 0.2) is 109 Å². The summed E-state index contributed by atoms with van der Waals surface area (Å²) in [4.78, 5) is 67.7. The Hall–Kier alpha value is -6.83. The number of urea groups is 4. The van der Waals surface area contributed by atoms with Crippen LogP contribution in [-0.4, -0.2) is 214 Å². The summed E-state index contributed by atoms with van der Waals surface area (Å²) in [5, 5.41) is 12.7. The number of nitrogens with zero attached hydrogens (tertiary/aromatic N) is 10. The van der Waals surface area contributed by atoms with Crippen LogP contribution in [0.5, 0.6) is 0 Å². The number of rotatable bonds is 6. The first-order valence-electron chi connectivity index (χ1n) is 28.0. The normalized spacial score (nSPS) is 17.4. The van der Waals surface area contributed by atoms with Gasteiger partial charge in [0.1, 0.15) is 0 Å². The largest absolute Gasteiger partial charge is 0.372 e. The molecular weight excluding hydrogens is 1020 g/mol. The van der Waals surface area contributed by atoms with Gasteiger partial charge in [-0.1, -0.05) is 35.9 Å². The van der Waals surface area contributed by atoms with Crippen molar-refractivity contribution < 1.29 is 19.2 Å². The monoisotopic (exact) mass is 1100 g/mol. The molecule has 4 aromatic carbocycles. The third kappa shape index (κ3) is 18.6. The average molecular weight is 1100 g/mol. The van der Waals surface area contributed by atoms with Crippen molar-refractivity contribution in [1.82, 2.24) is 43.8 Å². The number of nitrogens with one attached hydrogen (secondary N) is 4. The van der Waals surface area contributed by atoms with Crippen molar-refractivity contribution in [1.29, 1.82) is 0 Å². The van der Waals surface area contributed by atoms with Crippen LogP contribution in [0.4, 0.5) is 47.6 Å². The maximum Gasteiger partial charge on any atom is 0.321 e. The fourth-order valence-corrected chi connectivity index (χ4v) is 9.90. The molecule has 0 unspecified atom stereocenters. The van der Waals surface area contributed by atoms with Gasteiger partial charge in [0.25, 0.3) is 0 Å². The Labute approximate surface area is 474 Å². The van der Waals surface area contributed by atoms with E-state index in [1.54, 1.807) is 6.07 Å². The zero-order chi connectivity index (χ0) is 56.3. The number of halogens is 1. The molecule has 426 valence electrons. The predicted octanol–water partition coefficient (Wildman–Crippen LogP) is 9.22. The minimum absolute atomic E-state index is 0.0109. The lowest BCUT2D eigenvalue weighted by molar-refractivity contribution is 0.164. The number of benzene rings is 4. The lowest BCUT2D eigenvalue weighted by Gasteiger charge is -2.32. The lowest BCUT2D eigenvalue weighted by Crippen LogP contribution is -2.48. The van der Waals surface area contributed by atoms with Crippen LogP contribution in [0, 0.1) is 20.8 Å². The van der Waals surface area contributed by atoms with Gasteiger partial charge in [-0.2, -0.15) is 0 Å². The molecular formula is C60H85ClN14O4. The molecule has 0 radical (unpaired) electrons. The summed E-state index contributed by atoms with van der Waals surface area (Å²) in [5.41, 5.74) is 8.93. The quantitative estimate of drug-likeness (QED) is 0.131. The number of hydrogen-bond acceptors (Lipinski definition) is 9. The Kier molecular flexibility index (Phi) is 22.7. The zero-order valence-electron chi connectivity index (χ0n) is 47.7. The summed E-state index contributed by atoms with van der Waals surface area (Å²) >= 11 is 5.89. The Morgan fingerprint density at radius 3 is 1.33 bits per heavy atom. The van der Waals surface area contributed by atoms with Crippen LogP contribution in [0.2, 0.25) is 5.02 Å². The molecule has 5 aromatic rings. The van der Waals surface area contributed by atoms with Gasteiger partial charge in [-0.25, -0.2) is 19.2 Å². The molecule has 0 atom stereocenters. The Morgan fingerprint density at radius 1 is 0.405 bits per heavy atom. The first kappa shape index (κ1) is 59.8. The summed E-state index contributed by atoms with van der Waals surface area (Å²) in [7, 11) is 8.32. The molecule has 0 bridgehead atoms. The molecule has 10 rings (SSSR count). The molecule has 18 nitrogen and oxygen atoms in total. The third-order valence-corrected chi connectivity index (χ3v) is 15.3. The van der Waals surface area contributed by atoms with Crippen molar-refractivity contribution in [2.45, 2.75) is 40.0 Å². The molecule has 4 N–H and O–H groups in total. The van der Waals surface area contributed by atoms with Crippen LogP contribution in [-0.2, 0) is 0 Å². The van der Waals surface area contributed by atoms with E-state index in [0.29, 0.717) is 5.02 Å². The number of para-hydroxylation sites is 2. The number of piperazine rings is 4. The molecule has 5 fully saturated rings. The summed E-state index contributed by atoms with van der Waals surface area (Å²) in [6.07, 6.45) is 7.85. The van der Waals surface area contributed by atoms with Crippen molar-refractivity contribution in [3.05, 3.63) is 131 Å². The van der Waals surface area contributed by atoms with Crippen LogP contribution in [0.1, 0.15) is 36.0 Å². The highest BCUT2D eigenvalue weighted by Gasteiger charge is 2.23. The molecule has 8 amide bonds. The minimum Gasteiger partial charge on any atom is -0.372 e. The Morgan fingerprint density at radius 2 is 0.848 bits per heavy atom. The molecule has 5 aliphatic rings. The van der Waals surface area contributed by atoms with Crippen molar-refractivity contribution >= 4 is 64.2 Å². The average Bonchev–Trinajstić information content (AvgIpc) is 4.00. The van der Waals surface area contributed by atoms with Crippen LogP contribution < -0.4 is 26.2 Å². The van der Waals surface area contributed by atoms with Crippen LogP contribution in [0.25, 0.3) is 5.69 Å². The molecule has 19 heteroatoms. The molecule has 0 spiro atoms. The Balaban J connectivity index is 0.000000153. The standard InChI is InChI=1S/C17H26N4O.C16H20N4O.C14H21N3O.C13H18ClN3O/c1-19-11-13-21(14-12-19)17(22)18-15-5-7-16(8-6-15)20-9-3-2-4-10-20;1-18-10-12-20(13-11-18)16(21)17-14-6-2-3-7-15(14)19-8-4-5-9-19;1-11-4-5-12(2)13(10-11)15-14(18)17-8-6-16(3)7-9-17;1-10-9-11(14)3-4-12(10)15-13(18)17-7-5-16(2)6-8-17/h5-8H,2-4,9-14H2,1H3,(H,18,22);2-9H,10-13H2,1H3,(H,17,21);4-5,10H,6-9H2,1-3H3,(H,15,18);3-4,9H,5-8H2,1-2H3,(H,15,18). The molecule has 0 aliphatic carbocycles. The fraction of sp³-hybridized carbons (Fsp3) is 0.467. The predicted molar refractivity (Wildman–Crippen MR) is 323 cm³/mol. The minimum atomic E-state index is -0.0338. The van der Waals surface area contributed by atoms with Crippen molar-refractivity contribution in [2.24, 2.45) is 0 Å². The number of anilines is 5. The highest BCUT2D eigenvalue weighted by molar-refractivity contribution is 6.30. The second-order valence-electron chi connectivity index (χ2n) is 21.4. The number of aryl methyl sites for hydroxylation is 3. The van der Waals surface area contributed by atoms with E-state index < -0.39 is 0 Å². The highest BCUT2D eigenvalue weighted by Crippen LogP contribution is 2.24. The Bertz CT molecular complexity index is 2710. The third-order valence-electron chi connectivity index (χ3n) is 15.1. The van der Waals surface area contributed by atoms with E-state index in [2.05, 4.69) is 92.2 Å². The van der Waals surface area contributed by atoms with E-state index in [-0.39, 0.29) is 24.1 Å². The summed E-state index contributed by atoms with van der Waals surface area (Å²) in [5.74, 6) is 0. The van der Waals surface area contributed by atoms with Crippen LogP contribution in [0.3, 0.4) is 0 Å². The molecule has 0 saturated carbocycles. The maximum absolute atomic E-state index is 12.4.